The fraction of sp³-hybridized carbons (Fsp3) is 0.182. The molecule has 0 aliphatic carbocycles. The lowest BCUT2D eigenvalue weighted by atomic mass is 10.2. The lowest BCUT2D eigenvalue weighted by Gasteiger charge is -1.99. The first-order valence-corrected chi connectivity index (χ1v) is 6.22. The summed E-state index contributed by atoms with van der Waals surface area (Å²) in [5.74, 6) is 0.706. The fourth-order valence-electron chi connectivity index (χ4n) is 0.997. The molecule has 0 heterocycles. The van der Waals surface area contributed by atoms with Crippen molar-refractivity contribution in [3.63, 3.8) is 0 Å². The first-order valence-electron chi connectivity index (χ1n) is 4.44. The van der Waals surface area contributed by atoms with Crippen molar-refractivity contribution in [2.75, 3.05) is 11.5 Å². The third-order valence-corrected chi connectivity index (χ3v) is 3.17. The number of nitrogen functional groups attached to an aromatic ring is 1. The average Bonchev–Trinajstić information content (AvgIpc) is 2.18. The molecule has 0 unspecified atom stereocenters. The van der Waals surface area contributed by atoms with Gasteiger partial charge >= 0.3 is 0 Å². The minimum Gasteiger partial charge on any atom is -0.398 e. The SMILES string of the molecule is CC(=O)SCC=Cc1ccc(N)c(Br)c1. The molecule has 1 aromatic rings. The van der Waals surface area contributed by atoms with Crippen molar-refractivity contribution >= 4 is 44.6 Å². The monoisotopic (exact) mass is 285 g/mol. The zero-order chi connectivity index (χ0) is 11.3. The lowest BCUT2D eigenvalue weighted by Crippen LogP contribution is -1.86. The van der Waals surface area contributed by atoms with Gasteiger partial charge in [-0.1, -0.05) is 30.0 Å². The maximum Gasteiger partial charge on any atom is 0.186 e. The molecule has 0 aliphatic rings. The summed E-state index contributed by atoms with van der Waals surface area (Å²) in [4.78, 5) is 10.7. The number of benzene rings is 1. The molecule has 0 saturated carbocycles. The van der Waals surface area contributed by atoms with Crippen LogP contribution in [0.15, 0.2) is 28.7 Å². The maximum absolute atomic E-state index is 10.7. The molecule has 0 aromatic heterocycles. The van der Waals surface area contributed by atoms with Crippen molar-refractivity contribution in [3.8, 4) is 0 Å². The molecule has 2 N–H and O–H groups in total. The van der Waals surface area contributed by atoms with Crippen molar-refractivity contribution < 1.29 is 4.79 Å². The largest absolute Gasteiger partial charge is 0.398 e. The van der Waals surface area contributed by atoms with Crippen molar-refractivity contribution in [2.24, 2.45) is 0 Å². The van der Waals surface area contributed by atoms with E-state index < -0.39 is 0 Å². The van der Waals surface area contributed by atoms with E-state index in [1.165, 1.54) is 11.8 Å². The Hall–Kier alpha value is -0.740. The van der Waals surface area contributed by atoms with Gasteiger partial charge in [0.25, 0.3) is 0 Å². The topological polar surface area (TPSA) is 43.1 Å². The summed E-state index contributed by atoms with van der Waals surface area (Å²) in [6, 6.07) is 5.74. The first kappa shape index (κ1) is 12.3. The molecule has 1 rings (SSSR count). The second kappa shape index (κ2) is 5.98. The van der Waals surface area contributed by atoms with E-state index >= 15 is 0 Å². The molecule has 0 fully saturated rings. The molecule has 15 heavy (non-hydrogen) atoms. The van der Waals surface area contributed by atoms with Gasteiger partial charge in [0, 0.05) is 22.8 Å². The quantitative estimate of drug-likeness (QED) is 0.867. The predicted octanol–water partition coefficient (Wildman–Crippen LogP) is 3.32. The van der Waals surface area contributed by atoms with Crippen molar-refractivity contribution in [1.82, 2.24) is 0 Å². The third kappa shape index (κ3) is 4.53. The van der Waals surface area contributed by atoms with E-state index in [4.69, 9.17) is 5.73 Å². The van der Waals surface area contributed by atoms with Crippen LogP contribution in [-0.4, -0.2) is 10.9 Å². The minimum atomic E-state index is 0.137. The van der Waals surface area contributed by atoms with Gasteiger partial charge in [-0.15, -0.1) is 0 Å². The van der Waals surface area contributed by atoms with Crippen LogP contribution in [0.1, 0.15) is 12.5 Å². The van der Waals surface area contributed by atoms with E-state index in [1.54, 1.807) is 6.92 Å². The minimum absolute atomic E-state index is 0.137. The highest BCUT2D eigenvalue weighted by atomic mass is 79.9. The van der Waals surface area contributed by atoms with Gasteiger partial charge in [-0.2, -0.15) is 0 Å². The standard InChI is InChI=1S/C11H12BrNOS/c1-8(14)15-6-2-3-9-4-5-11(13)10(12)7-9/h2-5,7H,6,13H2,1H3. The Morgan fingerprint density at radius 3 is 2.93 bits per heavy atom. The van der Waals surface area contributed by atoms with Crippen LogP contribution in [0.5, 0.6) is 0 Å². The van der Waals surface area contributed by atoms with Crippen LogP contribution >= 0.6 is 27.7 Å². The van der Waals surface area contributed by atoms with Crippen LogP contribution in [0.25, 0.3) is 6.08 Å². The highest BCUT2D eigenvalue weighted by Gasteiger charge is 1.95. The number of hydrogen-bond donors (Lipinski definition) is 1. The van der Waals surface area contributed by atoms with Crippen LogP contribution in [-0.2, 0) is 4.79 Å². The average molecular weight is 286 g/mol. The van der Waals surface area contributed by atoms with E-state index in [-0.39, 0.29) is 5.12 Å². The normalized spacial score (nSPS) is 10.8. The van der Waals surface area contributed by atoms with Gasteiger partial charge in [0.2, 0.25) is 0 Å². The van der Waals surface area contributed by atoms with Crippen LogP contribution in [0.4, 0.5) is 5.69 Å². The van der Waals surface area contributed by atoms with Gasteiger partial charge in [-0.3, -0.25) is 4.79 Å². The molecule has 0 bridgehead atoms. The Balaban J connectivity index is 2.57. The van der Waals surface area contributed by atoms with Crippen molar-refractivity contribution in [1.29, 1.82) is 0 Å². The van der Waals surface area contributed by atoms with E-state index in [0.29, 0.717) is 5.75 Å². The molecule has 4 heteroatoms. The van der Waals surface area contributed by atoms with Gasteiger partial charge in [0.1, 0.15) is 0 Å². The molecule has 0 aliphatic heterocycles. The summed E-state index contributed by atoms with van der Waals surface area (Å²) in [7, 11) is 0. The number of anilines is 1. The fourth-order valence-corrected chi connectivity index (χ4v) is 1.82. The van der Waals surface area contributed by atoms with Gasteiger partial charge in [-0.25, -0.2) is 0 Å². The first-order chi connectivity index (χ1) is 7.09. The van der Waals surface area contributed by atoms with E-state index in [1.807, 2.05) is 30.4 Å². The molecule has 0 saturated heterocycles. The molecule has 2 nitrogen and oxygen atoms in total. The molecule has 1 aromatic carbocycles. The van der Waals surface area contributed by atoms with E-state index in [0.717, 1.165) is 15.7 Å². The Labute approximate surface area is 102 Å². The molecule has 0 spiro atoms. The lowest BCUT2D eigenvalue weighted by molar-refractivity contribution is -0.109. The van der Waals surface area contributed by atoms with Crippen LogP contribution in [0.2, 0.25) is 0 Å². The number of carbonyl (C=O) groups is 1. The third-order valence-electron chi connectivity index (χ3n) is 1.72. The second-order valence-electron chi connectivity index (χ2n) is 2.99. The molecule has 0 amide bonds. The summed E-state index contributed by atoms with van der Waals surface area (Å²) in [5.41, 5.74) is 7.46. The summed E-state index contributed by atoms with van der Waals surface area (Å²) in [6.45, 7) is 1.57. The summed E-state index contributed by atoms with van der Waals surface area (Å²) in [6.07, 6.45) is 3.93. The Morgan fingerprint density at radius 2 is 2.33 bits per heavy atom. The number of carbonyl (C=O) groups excluding carboxylic acids is 1. The number of hydrogen-bond acceptors (Lipinski definition) is 3. The van der Waals surface area contributed by atoms with E-state index in [2.05, 4.69) is 15.9 Å². The highest BCUT2D eigenvalue weighted by Crippen LogP contribution is 2.21. The maximum atomic E-state index is 10.7. The van der Waals surface area contributed by atoms with Crippen LogP contribution in [0.3, 0.4) is 0 Å². The zero-order valence-electron chi connectivity index (χ0n) is 8.37. The van der Waals surface area contributed by atoms with Gasteiger partial charge in [0.15, 0.2) is 5.12 Å². The smallest absolute Gasteiger partial charge is 0.186 e. The second-order valence-corrected chi connectivity index (χ2v) is 5.04. The summed E-state index contributed by atoms with van der Waals surface area (Å²) < 4.78 is 0.892. The summed E-state index contributed by atoms with van der Waals surface area (Å²) >= 11 is 4.66. The number of nitrogens with two attached hydrogens (primary N) is 1. The molecule has 0 radical (unpaired) electrons. The molecule has 0 atom stereocenters. The van der Waals surface area contributed by atoms with Gasteiger partial charge < -0.3 is 5.73 Å². The van der Waals surface area contributed by atoms with Crippen molar-refractivity contribution in [2.45, 2.75) is 6.92 Å². The Bertz CT molecular complexity index is 390. The van der Waals surface area contributed by atoms with Crippen LogP contribution in [0, 0.1) is 0 Å². The number of thioether (sulfide) groups is 1. The highest BCUT2D eigenvalue weighted by molar-refractivity contribution is 9.10. The van der Waals surface area contributed by atoms with Gasteiger partial charge in [-0.05, 0) is 33.6 Å². The van der Waals surface area contributed by atoms with Gasteiger partial charge in [0.05, 0.1) is 0 Å². The molecular weight excluding hydrogens is 274 g/mol. The van der Waals surface area contributed by atoms with E-state index in [9.17, 15) is 4.79 Å². The Morgan fingerprint density at radius 1 is 1.60 bits per heavy atom. The zero-order valence-corrected chi connectivity index (χ0v) is 10.8. The summed E-state index contributed by atoms with van der Waals surface area (Å²) in [5, 5.41) is 0.137. The predicted molar refractivity (Wildman–Crippen MR) is 70.7 cm³/mol. The van der Waals surface area contributed by atoms with Crippen LogP contribution < -0.4 is 5.73 Å². The molecular formula is C11H12BrNOS. The van der Waals surface area contributed by atoms with Crippen molar-refractivity contribution in [3.05, 3.63) is 34.3 Å². The number of rotatable bonds is 3. The Kier molecular flexibility index (Phi) is 4.91. The molecule has 80 valence electrons. The number of halogens is 1.